The van der Waals surface area contributed by atoms with E-state index in [0.29, 0.717) is 26.1 Å². The monoisotopic (exact) mass is 959 g/mol. The Kier molecular flexibility index (Phi) is 41.6. The lowest BCUT2D eigenvalue weighted by atomic mass is 10.0. The molecule has 0 rings (SSSR count). The maximum atomic E-state index is 13.1. The minimum Gasteiger partial charge on any atom is -0.461 e. The molecule has 14 nitrogen and oxygen atoms in total. The van der Waals surface area contributed by atoms with Crippen LogP contribution in [0.3, 0.4) is 0 Å². The van der Waals surface area contributed by atoms with Crippen molar-refractivity contribution in [3.8, 4) is 0 Å². The summed E-state index contributed by atoms with van der Waals surface area (Å²) in [6, 6.07) is 0. The van der Waals surface area contributed by atoms with Crippen molar-refractivity contribution in [2.75, 3.05) is 73.1 Å². The molecule has 0 aliphatic heterocycles. The van der Waals surface area contributed by atoms with Crippen molar-refractivity contribution < 1.29 is 57.1 Å². The van der Waals surface area contributed by atoms with Crippen LogP contribution in [-0.2, 0) is 47.5 Å². The number of amides is 2. The number of ether oxygens (including phenoxy) is 8. The fraction of sp³-hybridized carbons (Fsp3) is 0.925. The van der Waals surface area contributed by atoms with Crippen LogP contribution in [0.25, 0.3) is 0 Å². The largest absolute Gasteiger partial charge is 0.461 e. The lowest BCUT2D eigenvalue weighted by molar-refractivity contribution is -0.166. The van der Waals surface area contributed by atoms with E-state index in [-0.39, 0.29) is 82.1 Å². The second kappa shape index (κ2) is 43.3. The van der Waals surface area contributed by atoms with E-state index in [1.165, 1.54) is 109 Å². The van der Waals surface area contributed by atoms with Crippen LogP contribution in [0.15, 0.2) is 0 Å². The molecule has 0 aromatic rings. The standard InChI is InChI=1S/C53H102N2O12/c1-10-12-14-16-18-20-22-24-26-28-30-32-45(3)48(56)63-42-47(67-49(57)46(4)33-31-29-27-25-23-21-19-17-15-13-11-2)43-64-50(58)54-35-38-61-40-41-62-39-36-55-51(59)65-44-53(7,8)66-37-34-52(5,6)60-9/h45-47H,10-44H2,1-9H3,(H,54,58)(H,55,59)/t45-,46-,47-/m1/s1. The molecule has 0 saturated heterocycles. The van der Waals surface area contributed by atoms with Crippen molar-refractivity contribution in [1.29, 1.82) is 0 Å². The molecule has 0 radical (unpaired) electrons. The fourth-order valence-electron chi connectivity index (χ4n) is 7.18. The molecule has 0 heterocycles. The van der Waals surface area contributed by atoms with Gasteiger partial charge < -0.3 is 48.5 Å². The Morgan fingerprint density at radius 3 is 1.33 bits per heavy atom. The van der Waals surface area contributed by atoms with E-state index in [2.05, 4.69) is 24.5 Å². The van der Waals surface area contributed by atoms with Crippen LogP contribution in [0.2, 0.25) is 0 Å². The summed E-state index contributed by atoms with van der Waals surface area (Å²) in [5.74, 6) is -1.33. The van der Waals surface area contributed by atoms with Gasteiger partial charge in [0.2, 0.25) is 0 Å². The Morgan fingerprint density at radius 2 is 0.881 bits per heavy atom. The van der Waals surface area contributed by atoms with Crippen LogP contribution < -0.4 is 10.6 Å². The fourth-order valence-corrected chi connectivity index (χ4v) is 7.18. The Bertz CT molecular complexity index is 1200. The van der Waals surface area contributed by atoms with Gasteiger partial charge in [0.05, 0.1) is 56.1 Å². The molecule has 396 valence electrons. The number of methoxy groups -OCH3 is 1. The maximum Gasteiger partial charge on any atom is 0.407 e. The zero-order valence-corrected chi connectivity index (χ0v) is 44.4. The summed E-state index contributed by atoms with van der Waals surface area (Å²) in [7, 11) is 1.67. The summed E-state index contributed by atoms with van der Waals surface area (Å²) in [6.45, 7) is 17.6. The normalized spacial score (nSPS) is 13.1. The van der Waals surface area contributed by atoms with Gasteiger partial charge >= 0.3 is 24.1 Å². The second-order valence-electron chi connectivity index (χ2n) is 19.7. The van der Waals surface area contributed by atoms with Gasteiger partial charge in [0.25, 0.3) is 0 Å². The molecule has 67 heavy (non-hydrogen) atoms. The van der Waals surface area contributed by atoms with Crippen molar-refractivity contribution in [3.05, 3.63) is 0 Å². The smallest absolute Gasteiger partial charge is 0.407 e. The number of hydrogen-bond acceptors (Lipinski definition) is 12. The lowest BCUT2D eigenvalue weighted by Gasteiger charge is -2.28. The Labute approximate surface area is 408 Å². The highest BCUT2D eigenvalue weighted by atomic mass is 16.6. The molecule has 0 aromatic heterocycles. The van der Waals surface area contributed by atoms with E-state index in [1.54, 1.807) is 7.11 Å². The van der Waals surface area contributed by atoms with Gasteiger partial charge in [-0.1, -0.05) is 169 Å². The molecule has 2 N–H and O–H groups in total. The number of alkyl carbamates (subject to hydrolysis) is 2. The zero-order valence-electron chi connectivity index (χ0n) is 44.4. The minimum absolute atomic E-state index is 0.101. The molecule has 0 unspecified atom stereocenters. The summed E-state index contributed by atoms with van der Waals surface area (Å²) < 4.78 is 44.4. The van der Waals surface area contributed by atoms with Gasteiger partial charge in [0, 0.05) is 20.2 Å². The first-order valence-corrected chi connectivity index (χ1v) is 26.7. The first-order valence-electron chi connectivity index (χ1n) is 26.7. The van der Waals surface area contributed by atoms with Gasteiger partial charge in [0.1, 0.15) is 19.8 Å². The average Bonchev–Trinajstić information content (AvgIpc) is 3.30. The van der Waals surface area contributed by atoms with E-state index >= 15 is 0 Å². The molecular formula is C53H102N2O12. The number of carbonyl (C=O) groups excluding carboxylic acids is 4. The molecule has 0 aliphatic rings. The third kappa shape index (κ3) is 42.0. The Hall–Kier alpha value is -2.68. The molecular weight excluding hydrogens is 857 g/mol. The van der Waals surface area contributed by atoms with Gasteiger partial charge in [-0.3, -0.25) is 9.59 Å². The SMILES string of the molecule is CCCCCCCCCCCCC[C@@H](C)C(=O)OC[C@H](COC(=O)NCCOCCOCCNC(=O)OCC(C)(C)OCCC(C)(C)OC)OC(=O)[C@H](C)CCCCCCCCCCCCC. The molecule has 0 saturated carbocycles. The Morgan fingerprint density at radius 1 is 0.478 bits per heavy atom. The molecule has 0 aromatic carbocycles. The van der Waals surface area contributed by atoms with E-state index in [1.807, 2.05) is 41.5 Å². The van der Waals surface area contributed by atoms with Gasteiger partial charge in [-0.25, -0.2) is 9.59 Å². The molecule has 0 spiro atoms. The minimum atomic E-state index is -0.925. The third-order valence-corrected chi connectivity index (χ3v) is 12.1. The second-order valence-corrected chi connectivity index (χ2v) is 19.7. The van der Waals surface area contributed by atoms with Crippen LogP contribution in [0, 0.1) is 11.8 Å². The number of esters is 2. The number of unbranched alkanes of at least 4 members (excludes halogenated alkanes) is 20. The molecule has 0 aliphatic carbocycles. The van der Waals surface area contributed by atoms with Crippen molar-refractivity contribution >= 4 is 24.1 Å². The number of nitrogens with one attached hydrogen (secondary N) is 2. The zero-order chi connectivity index (χ0) is 49.9. The van der Waals surface area contributed by atoms with E-state index in [9.17, 15) is 19.2 Å². The predicted octanol–water partition coefficient (Wildman–Crippen LogP) is 12.2. The average molecular weight is 959 g/mol. The van der Waals surface area contributed by atoms with E-state index in [4.69, 9.17) is 37.9 Å². The highest BCUT2D eigenvalue weighted by Crippen LogP contribution is 2.19. The van der Waals surface area contributed by atoms with Crippen molar-refractivity contribution in [2.45, 2.75) is 233 Å². The summed E-state index contributed by atoms with van der Waals surface area (Å²) >= 11 is 0. The molecule has 2 amide bonds. The summed E-state index contributed by atoms with van der Waals surface area (Å²) in [5.41, 5.74) is -0.923. The molecule has 3 atom stereocenters. The number of carbonyl (C=O) groups is 4. The summed E-state index contributed by atoms with van der Waals surface area (Å²) in [5, 5.41) is 5.28. The topological polar surface area (TPSA) is 166 Å². The number of hydrogen-bond donors (Lipinski definition) is 2. The first-order chi connectivity index (χ1) is 32.2. The maximum absolute atomic E-state index is 13.1. The predicted molar refractivity (Wildman–Crippen MR) is 267 cm³/mol. The van der Waals surface area contributed by atoms with E-state index in [0.717, 1.165) is 38.5 Å². The van der Waals surface area contributed by atoms with Crippen LogP contribution in [0.5, 0.6) is 0 Å². The van der Waals surface area contributed by atoms with Gasteiger partial charge in [-0.15, -0.1) is 0 Å². The third-order valence-electron chi connectivity index (χ3n) is 12.1. The highest BCUT2D eigenvalue weighted by molar-refractivity contribution is 5.73. The highest BCUT2D eigenvalue weighted by Gasteiger charge is 2.25. The van der Waals surface area contributed by atoms with Crippen molar-refractivity contribution in [1.82, 2.24) is 10.6 Å². The first kappa shape index (κ1) is 64.3. The van der Waals surface area contributed by atoms with Crippen LogP contribution in [0.1, 0.15) is 216 Å². The quantitative estimate of drug-likeness (QED) is 0.0337. The Balaban J connectivity index is 4.57. The van der Waals surface area contributed by atoms with Crippen molar-refractivity contribution in [3.63, 3.8) is 0 Å². The van der Waals surface area contributed by atoms with Crippen LogP contribution in [0.4, 0.5) is 9.59 Å². The van der Waals surface area contributed by atoms with Gasteiger partial charge in [-0.05, 0) is 47.0 Å². The van der Waals surface area contributed by atoms with Crippen LogP contribution >= 0.6 is 0 Å². The molecule has 0 bridgehead atoms. The summed E-state index contributed by atoms with van der Waals surface area (Å²) in [4.78, 5) is 50.7. The van der Waals surface area contributed by atoms with Gasteiger partial charge in [0.15, 0.2) is 6.10 Å². The lowest BCUT2D eigenvalue weighted by Crippen LogP contribution is -2.37. The molecule has 0 fully saturated rings. The number of rotatable bonds is 47. The van der Waals surface area contributed by atoms with Crippen molar-refractivity contribution in [2.24, 2.45) is 11.8 Å². The summed E-state index contributed by atoms with van der Waals surface area (Å²) in [6.07, 6.45) is 27.3. The van der Waals surface area contributed by atoms with Gasteiger partial charge in [-0.2, -0.15) is 0 Å². The van der Waals surface area contributed by atoms with E-state index < -0.39 is 23.9 Å². The molecule has 14 heteroatoms. The van der Waals surface area contributed by atoms with Crippen LogP contribution in [-0.4, -0.2) is 114 Å².